The van der Waals surface area contributed by atoms with Gasteiger partial charge in [-0.1, -0.05) is 19.1 Å². The number of nitrogens with zero attached hydrogens (tertiary/aromatic N) is 4. The Kier molecular flexibility index (Phi) is 8.63. The topological polar surface area (TPSA) is 89.5 Å². The Labute approximate surface area is 219 Å². The van der Waals surface area contributed by atoms with Gasteiger partial charge in [-0.2, -0.15) is 0 Å². The number of carbonyl (C=O) groups is 1. The average molecular weight is 522 g/mol. The number of methoxy groups -OCH3 is 1. The number of likely N-dealkylation sites (N-methyl/N-ethyl adjacent to an activating group) is 1. The van der Waals surface area contributed by atoms with Crippen LogP contribution in [0.25, 0.3) is 10.7 Å². The zero-order valence-corrected chi connectivity index (χ0v) is 21.7. The van der Waals surface area contributed by atoms with Gasteiger partial charge in [-0.3, -0.25) is 9.78 Å². The third kappa shape index (κ3) is 6.79. The second-order valence-electron chi connectivity index (χ2n) is 8.17. The van der Waals surface area contributed by atoms with Crippen LogP contribution in [0.3, 0.4) is 0 Å². The number of aryl methyl sites for hydroxylation is 1. The lowest BCUT2D eigenvalue weighted by atomic mass is 10.2. The van der Waals surface area contributed by atoms with Gasteiger partial charge >= 0.3 is 0 Å². The summed E-state index contributed by atoms with van der Waals surface area (Å²) in [5.41, 5.74) is 2.11. The van der Waals surface area contributed by atoms with Gasteiger partial charge in [0.2, 0.25) is 0 Å². The van der Waals surface area contributed by atoms with Crippen molar-refractivity contribution in [2.45, 2.75) is 19.9 Å². The molecule has 37 heavy (non-hydrogen) atoms. The molecule has 0 aliphatic carbocycles. The number of benzene rings is 2. The molecule has 0 spiro atoms. The number of thiazole rings is 1. The number of hydrogen-bond acceptors (Lipinski definition) is 8. The van der Waals surface area contributed by atoms with Crippen LogP contribution in [0, 0.1) is 5.82 Å². The molecule has 4 aromatic rings. The van der Waals surface area contributed by atoms with Gasteiger partial charge in [0.05, 0.1) is 31.7 Å². The molecule has 0 aliphatic heterocycles. The van der Waals surface area contributed by atoms with Crippen LogP contribution < -0.4 is 19.7 Å². The van der Waals surface area contributed by atoms with E-state index in [0.717, 1.165) is 17.1 Å². The molecule has 0 saturated heterocycles. The number of amides is 1. The predicted octanol–water partition coefficient (Wildman–Crippen LogP) is 4.76. The van der Waals surface area contributed by atoms with E-state index in [4.69, 9.17) is 14.5 Å². The molecule has 1 amide bonds. The van der Waals surface area contributed by atoms with Crippen LogP contribution in [0.2, 0.25) is 0 Å². The summed E-state index contributed by atoms with van der Waals surface area (Å²) in [5, 5.41) is 3.52. The molecule has 2 aromatic carbocycles. The summed E-state index contributed by atoms with van der Waals surface area (Å²) in [5.74, 6) is 1.68. The molecule has 0 saturated carbocycles. The van der Waals surface area contributed by atoms with Crippen molar-refractivity contribution in [3.05, 3.63) is 82.9 Å². The number of ether oxygens (including phenoxy) is 2. The highest BCUT2D eigenvalue weighted by Crippen LogP contribution is 2.28. The molecule has 192 valence electrons. The van der Waals surface area contributed by atoms with Gasteiger partial charge in [-0.25, -0.2) is 14.4 Å². The summed E-state index contributed by atoms with van der Waals surface area (Å²) < 4.78 is 24.1. The molecule has 1 N–H and O–H groups in total. The minimum Gasteiger partial charge on any atom is -0.497 e. The number of aromatic nitrogens is 3. The molecular formula is C27H28FN5O3S. The lowest BCUT2D eigenvalue weighted by Gasteiger charge is -2.18. The normalized spacial score (nSPS) is 10.7. The Bertz CT molecular complexity index is 1330. The molecule has 8 nitrogen and oxygen atoms in total. The highest BCUT2D eigenvalue weighted by Gasteiger charge is 2.19. The number of anilines is 1. The Morgan fingerprint density at radius 2 is 1.78 bits per heavy atom. The third-order valence-electron chi connectivity index (χ3n) is 5.59. The number of rotatable bonds is 11. The van der Waals surface area contributed by atoms with E-state index in [1.165, 1.54) is 23.5 Å². The van der Waals surface area contributed by atoms with Gasteiger partial charge in [0.25, 0.3) is 5.91 Å². The van der Waals surface area contributed by atoms with E-state index in [1.54, 1.807) is 31.6 Å². The molecular weight excluding hydrogens is 493 g/mol. The van der Waals surface area contributed by atoms with Crippen LogP contribution in [0.1, 0.15) is 27.9 Å². The van der Waals surface area contributed by atoms with Crippen molar-refractivity contribution in [3.8, 4) is 22.2 Å². The van der Waals surface area contributed by atoms with Crippen molar-refractivity contribution in [2.24, 2.45) is 0 Å². The Morgan fingerprint density at radius 3 is 2.49 bits per heavy atom. The molecule has 10 heteroatoms. The minimum absolute atomic E-state index is 0.221. The number of hydrogen-bond donors (Lipinski definition) is 1. The fraction of sp³-hybridized carbons (Fsp3) is 0.259. The molecule has 2 aromatic heterocycles. The molecule has 2 heterocycles. The highest BCUT2D eigenvalue weighted by atomic mass is 32.1. The van der Waals surface area contributed by atoms with E-state index >= 15 is 0 Å². The number of halogens is 1. The van der Waals surface area contributed by atoms with E-state index in [0.29, 0.717) is 53.2 Å². The fourth-order valence-electron chi connectivity index (χ4n) is 3.47. The summed E-state index contributed by atoms with van der Waals surface area (Å²) in [4.78, 5) is 29.1. The Hall–Kier alpha value is -4.05. The maximum Gasteiger partial charge on any atom is 0.263 e. The Morgan fingerprint density at radius 1 is 1.05 bits per heavy atom. The van der Waals surface area contributed by atoms with Gasteiger partial charge < -0.3 is 19.7 Å². The van der Waals surface area contributed by atoms with Crippen molar-refractivity contribution in [2.75, 3.05) is 32.2 Å². The second-order valence-corrected chi connectivity index (χ2v) is 9.16. The molecule has 0 bridgehead atoms. The average Bonchev–Trinajstić information content (AvgIpc) is 3.38. The lowest BCUT2D eigenvalue weighted by molar-refractivity contribution is 0.0954. The first-order valence-corrected chi connectivity index (χ1v) is 12.6. The van der Waals surface area contributed by atoms with Gasteiger partial charge in [-0.15, -0.1) is 11.3 Å². The van der Waals surface area contributed by atoms with E-state index < -0.39 is 0 Å². The first kappa shape index (κ1) is 26.0. The summed E-state index contributed by atoms with van der Waals surface area (Å²) in [6.07, 6.45) is 3.93. The van der Waals surface area contributed by atoms with Gasteiger partial charge in [-0.05, 0) is 48.4 Å². The van der Waals surface area contributed by atoms with Crippen molar-refractivity contribution in [1.29, 1.82) is 0 Å². The monoisotopic (exact) mass is 521 g/mol. The van der Waals surface area contributed by atoms with Crippen LogP contribution >= 0.6 is 11.3 Å². The van der Waals surface area contributed by atoms with E-state index in [-0.39, 0.29) is 11.7 Å². The number of nitrogens with one attached hydrogen (secondary N) is 1. The zero-order chi connectivity index (χ0) is 26.2. The molecule has 0 fully saturated rings. The third-order valence-corrected chi connectivity index (χ3v) is 6.71. The van der Waals surface area contributed by atoms with Crippen molar-refractivity contribution in [1.82, 2.24) is 20.3 Å². The summed E-state index contributed by atoms with van der Waals surface area (Å²) in [6.45, 7) is 3.31. The molecule has 0 atom stereocenters. The minimum atomic E-state index is -0.311. The standard InChI is InChI=1S/C27H28FN5O3S/c1-4-22-25(26(34)30-15-18-5-7-19(28)8-6-18)37-27(32-22)23-16-29-17-24(31-23)33(2)13-14-36-21-11-9-20(35-3)10-12-21/h5-12,16-17H,4,13-15H2,1-3H3,(H,30,34). The smallest absolute Gasteiger partial charge is 0.263 e. The highest BCUT2D eigenvalue weighted by molar-refractivity contribution is 7.17. The SMILES string of the molecule is CCc1nc(-c2cncc(N(C)CCOc3ccc(OC)cc3)n2)sc1C(=O)NCc1ccc(F)cc1. The first-order valence-electron chi connectivity index (χ1n) is 11.8. The quantitative estimate of drug-likeness (QED) is 0.305. The van der Waals surface area contributed by atoms with Gasteiger partial charge in [0.1, 0.15) is 45.3 Å². The fourth-order valence-corrected chi connectivity index (χ4v) is 4.50. The summed E-state index contributed by atoms with van der Waals surface area (Å²) >= 11 is 1.28. The zero-order valence-electron chi connectivity index (χ0n) is 20.9. The summed E-state index contributed by atoms with van der Waals surface area (Å²) in [7, 11) is 3.54. The van der Waals surface area contributed by atoms with Crippen LogP contribution in [0.4, 0.5) is 10.2 Å². The second kappa shape index (κ2) is 12.3. The molecule has 4 rings (SSSR count). The van der Waals surface area contributed by atoms with E-state index in [2.05, 4.69) is 15.3 Å². The van der Waals surface area contributed by atoms with Crippen LogP contribution in [-0.2, 0) is 13.0 Å². The van der Waals surface area contributed by atoms with Gasteiger partial charge in [0.15, 0.2) is 0 Å². The van der Waals surface area contributed by atoms with E-state index in [1.807, 2.05) is 43.1 Å². The maximum absolute atomic E-state index is 13.1. The van der Waals surface area contributed by atoms with Crippen molar-refractivity contribution >= 4 is 23.1 Å². The van der Waals surface area contributed by atoms with Crippen molar-refractivity contribution < 1.29 is 18.7 Å². The Balaban J connectivity index is 1.40. The first-order chi connectivity index (χ1) is 18.0. The maximum atomic E-state index is 13.1. The van der Waals surface area contributed by atoms with E-state index in [9.17, 15) is 9.18 Å². The summed E-state index contributed by atoms with van der Waals surface area (Å²) in [6, 6.07) is 13.5. The van der Waals surface area contributed by atoms with Crippen molar-refractivity contribution in [3.63, 3.8) is 0 Å². The van der Waals surface area contributed by atoms with Gasteiger partial charge in [0, 0.05) is 13.6 Å². The van der Waals surface area contributed by atoms with Crippen LogP contribution in [-0.4, -0.2) is 48.2 Å². The molecule has 0 unspecified atom stereocenters. The molecule has 0 aliphatic rings. The predicted molar refractivity (Wildman–Crippen MR) is 142 cm³/mol. The number of carbonyl (C=O) groups excluding carboxylic acids is 1. The van der Waals surface area contributed by atoms with Crippen LogP contribution in [0.15, 0.2) is 60.9 Å². The lowest BCUT2D eigenvalue weighted by Crippen LogP contribution is -2.24. The largest absolute Gasteiger partial charge is 0.497 e. The van der Waals surface area contributed by atoms with Crippen LogP contribution in [0.5, 0.6) is 11.5 Å². The molecule has 0 radical (unpaired) electrons.